The van der Waals surface area contributed by atoms with Gasteiger partial charge in [0.05, 0.1) is 17.6 Å². The number of hydrogen-bond acceptors (Lipinski definition) is 3. The molecule has 0 unspecified atom stereocenters. The predicted octanol–water partition coefficient (Wildman–Crippen LogP) is 2.64. The third kappa shape index (κ3) is 2.18. The zero-order chi connectivity index (χ0) is 11.4. The van der Waals surface area contributed by atoms with Crippen LogP contribution in [0.1, 0.15) is 5.56 Å². The predicted molar refractivity (Wildman–Crippen MR) is 61.2 cm³/mol. The van der Waals surface area contributed by atoms with Gasteiger partial charge in [-0.25, -0.2) is 0 Å². The van der Waals surface area contributed by atoms with Gasteiger partial charge in [0.25, 0.3) is 0 Å². The van der Waals surface area contributed by atoms with Crippen LogP contribution in [0.25, 0.3) is 11.3 Å². The highest BCUT2D eigenvalue weighted by molar-refractivity contribution is 6.19. The minimum Gasteiger partial charge on any atom is -0.507 e. The molecule has 1 N–H and O–H groups in total. The molecule has 1 aromatic heterocycles. The Labute approximate surface area is 97.6 Å². The lowest BCUT2D eigenvalue weighted by atomic mass is 10.1. The van der Waals surface area contributed by atoms with Crippen molar-refractivity contribution in [2.45, 2.75) is 0 Å². The minimum absolute atomic E-state index is 0.133. The van der Waals surface area contributed by atoms with E-state index < -0.39 is 0 Å². The molecule has 0 aliphatic heterocycles. The van der Waals surface area contributed by atoms with Gasteiger partial charge in [-0.05, 0) is 18.2 Å². The molecule has 0 bridgehead atoms. The number of benzene rings is 1. The van der Waals surface area contributed by atoms with E-state index in [0.29, 0.717) is 11.3 Å². The summed E-state index contributed by atoms with van der Waals surface area (Å²) in [5.41, 5.74) is 1.34. The number of halogens is 1. The Morgan fingerprint density at radius 1 is 1.38 bits per heavy atom. The Morgan fingerprint density at radius 2 is 2.25 bits per heavy atom. The van der Waals surface area contributed by atoms with Crippen molar-refractivity contribution >= 4 is 11.6 Å². The smallest absolute Gasteiger partial charge is 0.170 e. The Hall–Kier alpha value is -1.92. The fourth-order valence-corrected chi connectivity index (χ4v) is 1.37. The minimum atomic E-state index is 0.133. The molecule has 1 heterocycles. The van der Waals surface area contributed by atoms with Gasteiger partial charge in [0.15, 0.2) is 5.76 Å². The number of aromatic hydroxyl groups is 1. The Morgan fingerprint density at radius 3 is 2.94 bits per heavy atom. The van der Waals surface area contributed by atoms with Gasteiger partial charge in [-0.15, -0.1) is 11.6 Å². The highest BCUT2D eigenvalue weighted by Crippen LogP contribution is 2.29. The van der Waals surface area contributed by atoms with Crippen LogP contribution in [0.5, 0.6) is 5.75 Å². The van der Waals surface area contributed by atoms with Crippen LogP contribution in [-0.4, -0.2) is 16.1 Å². The molecular weight excluding hydrogens is 226 g/mol. The van der Waals surface area contributed by atoms with Gasteiger partial charge in [0, 0.05) is 11.6 Å². The van der Waals surface area contributed by atoms with Crippen molar-refractivity contribution in [2.75, 3.05) is 5.88 Å². The van der Waals surface area contributed by atoms with Crippen LogP contribution < -0.4 is 0 Å². The van der Waals surface area contributed by atoms with Gasteiger partial charge in [-0.3, -0.25) is 0 Å². The molecular formula is C12H8ClNO2. The first-order valence-electron chi connectivity index (χ1n) is 4.60. The van der Waals surface area contributed by atoms with Gasteiger partial charge < -0.3 is 9.63 Å². The Balaban J connectivity index is 2.45. The summed E-state index contributed by atoms with van der Waals surface area (Å²) in [7, 11) is 0. The molecule has 80 valence electrons. The maximum absolute atomic E-state index is 9.67. The lowest BCUT2D eigenvalue weighted by Crippen LogP contribution is -1.80. The number of rotatable bonds is 1. The molecule has 0 spiro atoms. The lowest BCUT2D eigenvalue weighted by Gasteiger charge is -2.00. The monoisotopic (exact) mass is 233 g/mol. The number of alkyl halides is 1. The molecule has 4 heteroatoms. The maximum atomic E-state index is 9.67. The summed E-state index contributed by atoms with van der Waals surface area (Å²) in [5, 5.41) is 13.3. The second kappa shape index (κ2) is 4.73. The fraction of sp³-hybridized carbons (Fsp3) is 0.0833. The molecule has 0 aliphatic carbocycles. The molecule has 0 radical (unpaired) electrons. The van der Waals surface area contributed by atoms with Crippen molar-refractivity contribution in [3.05, 3.63) is 36.0 Å². The van der Waals surface area contributed by atoms with E-state index in [1.807, 2.05) is 0 Å². The highest BCUT2D eigenvalue weighted by atomic mass is 35.5. The molecule has 0 aliphatic rings. The van der Waals surface area contributed by atoms with Crippen molar-refractivity contribution in [1.29, 1.82) is 0 Å². The molecule has 0 saturated heterocycles. The topological polar surface area (TPSA) is 46.3 Å². The average Bonchev–Trinajstić information content (AvgIpc) is 2.81. The van der Waals surface area contributed by atoms with Crippen LogP contribution in [0, 0.1) is 11.8 Å². The highest BCUT2D eigenvalue weighted by Gasteiger charge is 2.07. The first kappa shape index (κ1) is 10.6. The SMILES string of the molecule is Oc1ccc(C#CCCl)cc1-c1ccno1. The molecule has 1 aromatic carbocycles. The molecule has 3 nitrogen and oxygen atoms in total. The molecule has 0 saturated carbocycles. The number of phenolic OH excluding ortho intramolecular Hbond substituents is 1. The van der Waals surface area contributed by atoms with Gasteiger partial charge in [-0.2, -0.15) is 0 Å². The normalized spacial score (nSPS) is 9.56. The molecule has 2 rings (SSSR count). The van der Waals surface area contributed by atoms with Crippen LogP contribution in [-0.2, 0) is 0 Å². The number of aromatic nitrogens is 1. The van der Waals surface area contributed by atoms with Crippen LogP contribution in [0.4, 0.5) is 0 Å². The van der Waals surface area contributed by atoms with Crippen molar-refractivity contribution in [2.24, 2.45) is 0 Å². The average molecular weight is 234 g/mol. The standard InChI is InChI=1S/C12H8ClNO2/c13-6-1-2-9-3-4-11(15)10(8-9)12-5-7-14-16-12/h3-5,7-8,15H,6H2. The number of hydrogen-bond donors (Lipinski definition) is 1. The van der Waals surface area contributed by atoms with Gasteiger partial charge in [-0.1, -0.05) is 17.0 Å². The summed E-state index contributed by atoms with van der Waals surface area (Å²) < 4.78 is 4.98. The van der Waals surface area contributed by atoms with E-state index in [0.717, 1.165) is 5.56 Å². The number of nitrogens with zero attached hydrogens (tertiary/aromatic N) is 1. The van der Waals surface area contributed by atoms with Gasteiger partial charge in [0.2, 0.25) is 0 Å². The maximum Gasteiger partial charge on any atom is 0.170 e. The Bertz CT molecular complexity index is 538. The van der Waals surface area contributed by atoms with Crippen LogP contribution in [0.15, 0.2) is 35.0 Å². The van der Waals surface area contributed by atoms with E-state index in [9.17, 15) is 5.11 Å². The second-order valence-corrected chi connectivity index (χ2v) is 3.31. The van der Waals surface area contributed by atoms with E-state index in [4.69, 9.17) is 16.1 Å². The second-order valence-electron chi connectivity index (χ2n) is 3.04. The van der Waals surface area contributed by atoms with Crippen molar-refractivity contribution in [3.63, 3.8) is 0 Å². The van der Waals surface area contributed by atoms with E-state index in [1.165, 1.54) is 6.20 Å². The first-order valence-corrected chi connectivity index (χ1v) is 5.13. The summed E-state index contributed by atoms with van der Waals surface area (Å²) in [6, 6.07) is 6.69. The van der Waals surface area contributed by atoms with Gasteiger partial charge in [0.1, 0.15) is 5.75 Å². The summed E-state index contributed by atoms with van der Waals surface area (Å²) in [4.78, 5) is 0. The van der Waals surface area contributed by atoms with Crippen LogP contribution in [0.3, 0.4) is 0 Å². The van der Waals surface area contributed by atoms with E-state index in [-0.39, 0.29) is 11.6 Å². The summed E-state index contributed by atoms with van der Waals surface area (Å²) in [5.74, 6) is 6.53. The molecule has 2 aromatic rings. The third-order valence-electron chi connectivity index (χ3n) is 2.00. The third-order valence-corrected chi connectivity index (χ3v) is 2.13. The van der Waals surface area contributed by atoms with E-state index >= 15 is 0 Å². The molecule has 0 atom stereocenters. The van der Waals surface area contributed by atoms with Crippen LogP contribution in [0.2, 0.25) is 0 Å². The quantitative estimate of drug-likeness (QED) is 0.608. The zero-order valence-electron chi connectivity index (χ0n) is 8.27. The zero-order valence-corrected chi connectivity index (χ0v) is 9.03. The first-order chi connectivity index (χ1) is 7.81. The van der Waals surface area contributed by atoms with E-state index in [1.54, 1.807) is 24.3 Å². The summed E-state index contributed by atoms with van der Waals surface area (Å²) in [6.45, 7) is 0. The largest absolute Gasteiger partial charge is 0.507 e. The van der Waals surface area contributed by atoms with Crippen molar-refractivity contribution in [3.8, 4) is 28.9 Å². The fourth-order valence-electron chi connectivity index (χ4n) is 1.30. The van der Waals surface area contributed by atoms with E-state index in [2.05, 4.69) is 17.0 Å². The Kier molecular flexibility index (Phi) is 3.13. The van der Waals surface area contributed by atoms with Gasteiger partial charge >= 0.3 is 0 Å². The van der Waals surface area contributed by atoms with Crippen LogP contribution >= 0.6 is 11.6 Å². The van der Waals surface area contributed by atoms with Crippen molar-refractivity contribution in [1.82, 2.24) is 5.16 Å². The lowest BCUT2D eigenvalue weighted by molar-refractivity contribution is 0.426. The molecule has 0 amide bonds. The summed E-state index contributed by atoms with van der Waals surface area (Å²) in [6.07, 6.45) is 1.52. The van der Waals surface area contributed by atoms with Crippen molar-refractivity contribution < 1.29 is 9.63 Å². The number of phenols is 1. The molecule has 16 heavy (non-hydrogen) atoms. The summed E-state index contributed by atoms with van der Waals surface area (Å²) >= 11 is 5.47. The molecule has 0 fully saturated rings.